The second-order valence-corrected chi connectivity index (χ2v) is 20.6. The normalized spacial score (nSPS) is 50.0. The third-order valence-electron chi connectivity index (χ3n) is 17.2. The molecule has 7 aliphatic rings. The zero-order chi connectivity index (χ0) is 42.9. The average Bonchev–Trinajstić information content (AvgIpc) is 3.13. The summed E-state index contributed by atoms with van der Waals surface area (Å²) < 4.78 is 23.1. The summed E-state index contributed by atoms with van der Waals surface area (Å²) in [5.74, 6) is -5.37. The zero-order valence-corrected chi connectivity index (χ0v) is 43.3. The topological polar surface area (TPSA) is 276 Å². The maximum absolute atomic E-state index is 14.8. The Balaban J connectivity index is 0.00000273. The number of aliphatic hydroxyl groups excluding tert-OH is 5. The van der Waals surface area contributed by atoms with Gasteiger partial charge in [-0.15, -0.1) is 0 Å². The number of carboxylic acid groups (broad SMARTS) is 3. The van der Waals surface area contributed by atoms with Crippen LogP contribution in [-0.4, -0.2) is 117 Å². The van der Waals surface area contributed by atoms with Gasteiger partial charge in [-0.25, -0.2) is 0 Å². The number of aliphatic carboxylic acids is 3. The van der Waals surface area contributed by atoms with Crippen molar-refractivity contribution in [1.29, 1.82) is 0 Å². The molecule has 0 aromatic carbocycles. The van der Waals surface area contributed by atoms with E-state index in [4.69, 9.17) is 18.9 Å². The fraction of sp³-hybridized carbons (Fsp3) is 0.857. The number of hydrogen-bond donors (Lipinski definition) is 5. The first-order valence-electron chi connectivity index (χ1n) is 20.7. The van der Waals surface area contributed by atoms with Crippen LogP contribution >= 0.6 is 0 Å². The Morgan fingerprint density at radius 3 is 1.82 bits per heavy atom. The molecule has 4 unspecified atom stereocenters. The van der Waals surface area contributed by atoms with Crippen LogP contribution in [0, 0.1) is 50.2 Å². The summed E-state index contributed by atoms with van der Waals surface area (Å²) in [6.07, 6.45) is -13.4. The van der Waals surface area contributed by atoms with Crippen LogP contribution in [0.1, 0.15) is 106 Å². The van der Waals surface area contributed by atoms with Gasteiger partial charge in [-0.05, 0) is 103 Å². The second-order valence-electron chi connectivity index (χ2n) is 20.6. The third kappa shape index (κ3) is 8.44. The maximum Gasteiger partial charge on any atom is 1.00 e. The second kappa shape index (κ2) is 18.5. The summed E-state index contributed by atoms with van der Waals surface area (Å²) in [5.41, 5.74) is -2.11. The van der Waals surface area contributed by atoms with Crippen LogP contribution in [0.25, 0.3) is 0 Å². The molecule has 0 amide bonds. The molecule has 326 valence electrons. The monoisotopic (exact) mass is 888 g/mol. The summed E-state index contributed by atoms with van der Waals surface area (Å²) in [7, 11) is 0. The van der Waals surface area contributed by atoms with E-state index >= 15 is 0 Å². The van der Waals surface area contributed by atoms with E-state index in [2.05, 4.69) is 27.7 Å². The molecule has 0 radical (unpaired) electrons. The number of fused-ring (bicyclic) bond motifs is 7. The predicted octanol–water partition coefficient (Wildman–Crippen LogP) is -10.7. The van der Waals surface area contributed by atoms with Crippen molar-refractivity contribution in [2.24, 2.45) is 50.2 Å². The molecule has 19 heteroatoms. The van der Waals surface area contributed by atoms with Crippen molar-refractivity contribution in [3.8, 4) is 0 Å². The predicted molar refractivity (Wildman–Crippen MR) is 192 cm³/mol. The van der Waals surface area contributed by atoms with Gasteiger partial charge in [0, 0.05) is 17.3 Å². The SMILES string of the molecule is CC1(C)C(O[C@@H]2O[C@H](C(=O)[O-])[C@@H](O)[C@H](O)[C@H]2O[C@@H]2O[C@H](C(=O)[O-])[C@@H](O)[C@H](O)[C@H]2O)CC[C@@]2(C)C1CC[C@]1(C)C2C(=O)C=C2C3C[C@@](C)(C(=O)[O-])CC[C@]3(C)CC[C@]21C.[Na+].[Na+].[Na+]. The van der Waals surface area contributed by atoms with Crippen LogP contribution in [0.15, 0.2) is 11.6 Å². The number of ketones is 1. The fourth-order valence-corrected chi connectivity index (χ4v) is 13.3. The molecule has 19 atom stereocenters. The van der Waals surface area contributed by atoms with E-state index in [1.54, 1.807) is 6.92 Å². The number of carboxylic acids is 3. The Bertz CT molecular complexity index is 1750. The van der Waals surface area contributed by atoms with Gasteiger partial charge in [-0.1, -0.05) is 54.0 Å². The first kappa shape index (κ1) is 54.1. The molecular weight excluding hydrogens is 829 g/mol. The molecule has 16 nitrogen and oxygen atoms in total. The molecule has 2 aliphatic heterocycles. The van der Waals surface area contributed by atoms with E-state index in [-0.39, 0.29) is 123 Å². The van der Waals surface area contributed by atoms with Crippen LogP contribution in [0.3, 0.4) is 0 Å². The zero-order valence-electron chi connectivity index (χ0n) is 37.3. The Morgan fingerprint density at radius 1 is 0.689 bits per heavy atom. The number of ether oxygens (including phenoxy) is 4. The van der Waals surface area contributed by atoms with Crippen molar-refractivity contribution >= 4 is 23.7 Å². The van der Waals surface area contributed by atoms with Gasteiger partial charge >= 0.3 is 88.7 Å². The maximum atomic E-state index is 14.8. The number of rotatable bonds is 7. The molecule has 0 aromatic rings. The van der Waals surface area contributed by atoms with E-state index in [0.29, 0.717) is 38.5 Å². The minimum atomic E-state index is -2.16. The van der Waals surface area contributed by atoms with Gasteiger partial charge in [0.15, 0.2) is 18.4 Å². The van der Waals surface area contributed by atoms with E-state index in [1.165, 1.54) is 0 Å². The van der Waals surface area contributed by atoms with Crippen molar-refractivity contribution in [2.45, 2.75) is 174 Å². The molecule has 0 bridgehead atoms. The molecule has 61 heavy (non-hydrogen) atoms. The quantitative estimate of drug-likeness (QED) is 0.117. The summed E-state index contributed by atoms with van der Waals surface area (Å²) in [6, 6.07) is 0. The molecule has 5 aliphatic carbocycles. The number of carbonyl (C=O) groups excluding carboxylic acids is 4. The van der Waals surface area contributed by atoms with E-state index in [0.717, 1.165) is 24.8 Å². The molecular formula is C42H59Na3O16. The smallest absolute Gasteiger partial charge is 0.550 e. The van der Waals surface area contributed by atoms with Crippen LogP contribution < -0.4 is 104 Å². The van der Waals surface area contributed by atoms with Gasteiger partial charge in [-0.2, -0.15) is 0 Å². The first-order chi connectivity index (χ1) is 26.8. The minimum absolute atomic E-state index is 0. The summed E-state index contributed by atoms with van der Waals surface area (Å²) in [6.45, 7) is 14.6. The van der Waals surface area contributed by atoms with E-state index in [1.807, 2.05) is 19.9 Å². The largest absolute Gasteiger partial charge is 1.00 e. The standard InChI is InChI=1S/C42H62O16.3Na/c1-37(2)21-8-11-42(7)31(20(43)16-18-19-17-39(4,36(53)54)13-12-38(19,3)14-15-41(18,42)6)40(21,5)10-9-22(37)55-35-30(26(47)25(46)29(57-35)33(51)52)58-34-27(48)23(44)24(45)28(56-34)32(49)50;;;/h16,19,21-31,34-35,44-48H,8-15,17H2,1-7H3,(H,49,50)(H,51,52)(H,53,54);;;/q;3*+1/p-3/t19?,21?,22?,23-,24-,25-,26-,27+,28-,29-,30+,31?,34-,35+,38+,39-,40-,41+,42+;;;/m0.../s1. The summed E-state index contributed by atoms with van der Waals surface area (Å²) in [5, 5.41) is 89.2. The molecule has 2 heterocycles. The number of hydrogen-bond acceptors (Lipinski definition) is 16. The van der Waals surface area contributed by atoms with Gasteiger partial charge in [0.05, 0.1) is 18.0 Å². The van der Waals surface area contributed by atoms with Gasteiger partial charge in [-0.3, -0.25) is 4.79 Å². The van der Waals surface area contributed by atoms with Crippen molar-refractivity contribution < 1.29 is 168 Å². The Kier molecular flexibility index (Phi) is 16.4. The number of carbonyl (C=O) groups is 4. The Hall–Kier alpha value is 0.460. The molecule has 4 saturated carbocycles. The number of allylic oxidation sites excluding steroid dienone is 2. The van der Waals surface area contributed by atoms with Gasteiger partial charge < -0.3 is 74.2 Å². The third-order valence-corrected chi connectivity index (χ3v) is 17.2. The molecule has 5 N–H and O–H groups in total. The first-order valence-corrected chi connectivity index (χ1v) is 20.7. The van der Waals surface area contributed by atoms with Crippen molar-refractivity contribution in [2.75, 3.05) is 0 Å². The molecule has 0 aromatic heterocycles. The van der Waals surface area contributed by atoms with Crippen LogP contribution in [0.2, 0.25) is 0 Å². The van der Waals surface area contributed by atoms with Crippen molar-refractivity contribution in [1.82, 2.24) is 0 Å². The van der Waals surface area contributed by atoms with E-state index in [9.17, 15) is 60.0 Å². The van der Waals surface area contributed by atoms with Crippen molar-refractivity contribution in [3.63, 3.8) is 0 Å². The summed E-state index contributed by atoms with van der Waals surface area (Å²) in [4.78, 5) is 50.9. The van der Waals surface area contributed by atoms with Gasteiger partial charge in [0.2, 0.25) is 0 Å². The van der Waals surface area contributed by atoms with Crippen LogP contribution in [0.5, 0.6) is 0 Å². The van der Waals surface area contributed by atoms with Crippen LogP contribution in [0.4, 0.5) is 0 Å². The fourth-order valence-electron chi connectivity index (χ4n) is 13.3. The number of aliphatic hydroxyl groups is 5. The Labute approximate surface area is 423 Å². The molecule has 2 saturated heterocycles. The van der Waals surface area contributed by atoms with E-state index < -0.39 is 107 Å². The van der Waals surface area contributed by atoms with Crippen molar-refractivity contribution in [3.05, 3.63) is 11.6 Å². The van der Waals surface area contributed by atoms with Crippen LogP contribution in [-0.2, 0) is 38.1 Å². The molecule has 0 spiro atoms. The molecule has 7 rings (SSSR count). The van der Waals surface area contributed by atoms with Gasteiger partial charge in [0.25, 0.3) is 0 Å². The average molecular weight is 889 g/mol. The van der Waals surface area contributed by atoms with Gasteiger partial charge in [0.1, 0.15) is 48.8 Å². The summed E-state index contributed by atoms with van der Waals surface area (Å²) >= 11 is 0. The Morgan fingerprint density at radius 2 is 1.25 bits per heavy atom. The minimum Gasteiger partial charge on any atom is -0.550 e. The molecule has 6 fully saturated rings.